The molecule has 3 aromatic rings. The van der Waals surface area contributed by atoms with Crippen LogP contribution in [0.25, 0.3) is 11.3 Å². The number of benzene rings is 2. The van der Waals surface area contributed by atoms with Crippen LogP contribution in [-0.2, 0) is 11.0 Å². The van der Waals surface area contributed by atoms with Crippen LogP contribution in [0.5, 0.6) is 0 Å². The topological polar surface area (TPSA) is 54.9 Å². The van der Waals surface area contributed by atoms with Crippen LogP contribution in [0.1, 0.15) is 23.7 Å². The minimum Gasteiger partial charge on any atom is -0.325 e. The van der Waals surface area contributed by atoms with Gasteiger partial charge in [0.15, 0.2) is 5.16 Å². The number of halogens is 3. The SMILES string of the molecule is Cc1cccc(NC(=O)C(C)Sc2nc(-c3ccccc3)cc(C(F)(F)F)n2)c1C. The summed E-state index contributed by atoms with van der Waals surface area (Å²) in [6.07, 6.45) is -4.62. The predicted molar refractivity (Wildman–Crippen MR) is 112 cm³/mol. The molecule has 0 radical (unpaired) electrons. The van der Waals surface area contributed by atoms with Crippen molar-refractivity contribution >= 4 is 23.4 Å². The maximum absolute atomic E-state index is 13.4. The average molecular weight is 431 g/mol. The molecule has 8 heteroatoms. The number of nitrogens with one attached hydrogen (secondary N) is 1. The maximum Gasteiger partial charge on any atom is 0.433 e. The summed E-state index contributed by atoms with van der Waals surface area (Å²) in [4.78, 5) is 20.5. The number of aryl methyl sites for hydroxylation is 1. The zero-order valence-corrected chi connectivity index (χ0v) is 17.4. The number of aromatic nitrogens is 2. The highest BCUT2D eigenvalue weighted by Gasteiger charge is 2.34. The lowest BCUT2D eigenvalue weighted by atomic mass is 10.1. The molecule has 30 heavy (non-hydrogen) atoms. The molecule has 0 saturated carbocycles. The summed E-state index contributed by atoms with van der Waals surface area (Å²) in [6.45, 7) is 5.44. The van der Waals surface area contributed by atoms with E-state index in [2.05, 4.69) is 15.3 Å². The summed E-state index contributed by atoms with van der Waals surface area (Å²) in [7, 11) is 0. The summed E-state index contributed by atoms with van der Waals surface area (Å²) in [5.74, 6) is -0.337. The number of nitrogens with zero attached hydrogens (tertiary/aromatic N) is 2. The molecule has 156 valence electrons. The second-order valence-corrected chi connectivity index (χ2v) is 8.09. The Morgan fingerprint density at radius 1 is 1.03 bits per heavy atom. The van der Waals surface area contributed by atoms with Crippen LogP contribution < -0.4 is 5.32 Å². The maximum atomic E-state index is 13.4. The summed E-state index contributed by atoms with van der Waals surface area (Å²) < 4.78 is 40.1. The van der Waals surface area contributed by atoms with Gasteiger partial charge in [0.1, 0.15) is 5.69 Å². The Bertz CT molecular complexity index is 1060. The number of carbonyl (C=O) groups excluding carboxylic acids is 1. The number of carbonyl (C=O) groups is 1. The van der Waals surface area contributed by atoms with Crippen molar-refractivity contribution in [3.05, 3.63) is 71.4 Å². The van der Waals surface area contributed by atoms with Gasteiger partial charge in [0.05, 0.1) is 10.9 Å². The highest BCUT2D eigenvalue weighted by Crippen LogP contribution is 2.33. The average Bonchev–Trinajstić information content (AvgIpc) is 2.71. The van der Waals surface area contributed by atoms with Crippen LogP contribution >= 0.6 is 11.8 Å². The van der Waals surface area contributed by atoms with Gasteiger partial charge in [-0.05, 0) is 44.0 Å². The van der Waals surface area contributed by atoms with Gasteiger partial charge in [0.2, 0.25) is 5.91 Å². The molecule has 1 N–H and O–H groups in total. The quantitative estimate of drug-likeness (QED) is 0.404. The van der Waals surface area contributed by atoms with E-state index >= 15 is 0 Å². The second kappa shape index (κ2) is 8.87. The Kier molecular flexibility index (Phi) is 6.45. The molecule has 0 fully saturated rings. The second-order valence-electron chi connectivity index (χ2n) is 6.78. The number of amides is 1. The van der Waals surface area contributed by atoms with Gasteiger partial charge in [-0.15, -0.1) is 0 Å². The molecule has 1 atom stereocenters. The standard InChI is InChI=1S/C22H20F3N3OS/c1-13-8-7-11-17(14(13)2)26-20(29)15(3)30-21-27-18(16-9-5-4-6-10-16)12-19(28-21)22(23,24)25/h4-12,15H,1-3H3,(H,26,29). The van der Waals surface area contributed by atoms with E-state index in [1.165, 1.54) is 0 Å². The van der Waals surface area contributed by atoms with Crippen molar-refractivity contribution in [1.82, 2.24) is 9.97 Å². The van der Waals surface area contributed by atoms with Gasteiger partial charge < -0.3 is 5.32 Å². The van der Waals surface area contributed by atoms with E-state index in [0.29, 0.717) is 11.3 Å². The zero-order valence-electron chi connectivity index (χ0n) is 16.6. The Morgan fingerprint density at radius 2 is 1.73 bits per heavy atom. The van der Waals surface area contributed by atoms with E-state index < -0.39 is 17.1 Å². The van der Waals surface area contributed by atoms with Gasteiger partial charge in [-0.25, -0.2) is 9.97 Å². The molecule has 4 nitrogen and oxygen atoms in total. The molecular weight excluding hydrogens is 411 g/mol. The first-order chi connectivity index (χ1) is 14.1. The van der Waals surface area contributed by atoms with Crippen molar-refractivity contribution in [1.29, 1.82) is 0 Å². The third kappa shape index (κ3) is 5.18. The summed E-state index contributed by atoms with van der Waals surface area (Å²) in [6, 6.07) is 15.0. The number of hydrogen-bond acceptors (Lipinski definition) is 4. The first-order valence-corrected chi connectivity index (χ1v) is 10.1. The molecule has 1 unspecified atom stereocenters. The lowest BCUT2D eigenvalue weighted by Gasteiger charge is -2.15. The fourth-order valence-corrected chi connectivity index (χ4v) is 3.50. The van der Waals surface area contributed by atoms with E-state index in [-0.39, 0.29) is 16.8 Å². The molecule has 1 amide bonds. The summed E-state index contributed by atoms with van der Waals surface area (Å²) in [5, 5.41) is 2.02. The first-order valence-electron chi connectivity index (χ1n) is 9.20. The molecule has 1 aromatic heterocycles. The highest BCUT2D eigenvalue weighted by molar-refractivity contribution is 8.00. The monoisotopic (exact) mass is 431 g/mol. The smallest absolute Gasteiger partial charge is 0.325 e. The number of anilines is 1. The molecular formula is C22H20F3N3OS. The van der Waals surface area contributed by atoms with Crippen molar-refractivity contribution in [3.8, 4) is 11.3 Å². The number of thioether (sulfide) groups is 1. The van der Waals surface area contributed by atoms with E-state index in [4.69, 9.17) is 0 Å². The van der Waals surface area contributed by atoms with Crippen molar-refractivity contribution in [3.63, 3.8) is 0 Å². The largest absolute Gasteiger partial charge is 0.433 e. The number of alkyl halides is 3. The van der Waals surface area contributed by atoms with Gasteiger partial charge >= 0.3 is 6.18 Å². The Labute approximate surface area is 177 Å². The lowest BCUT2D eigenvalue weighted by molar-refractivity contribution is -0.141. The van der Waals surface area contributed by atoms with Gasteiger partial charge in [-0.3, -0.25) is 4.79 Å². The lowest BCUT2D eigenvalue weighted by Crippen LogP contribution is -2.23. The van der Waals surface area contributed by atoms with E-state index in [1.54, 1.807) is 43.3 Å². The van der Waals surface area contributed by atoms with Crippen LogP contribution in [-0.4, -0.2) is 21.1 Å². The van der Waals surface area contributed by atoms with Gasteiger partial charge in [0.25, 0.3) is 0 Å². The third-order valence-corrected chi connectivity index (χ3v) is 5.54. The van der Waals surface area contributed by atoms with Gasteiger partial charge in [-0.2, -0.15) is 13.2 Å². The summed E-state index contributed by atoms with van der Waals surface area (Å²) in [5.41, 5.74) is 2.29. The van der Waals surface area contributed by atoms with Crippen LogP contribution in [0.2, 0.25) is 0 Å². The highest BCUT2D eigenvalue weighted by atomic mass is 32.2. The van der Waals surface area contributed by atoms with Gasteiger partial charge in [-0.1, -0.05) is 54.2 Å². The summed E-state index contributed by atoms with van der Waals surface area (Å²) >= 11 is 0.886. The molecule has 3 rings (SSSR count). The Morgan fingerprint density at radius 3 is 2.40 bits per heavy atom. The zero-order chi connectivity index (χ0) is 21.9. The van der Waals surface area contributed by atoms with Crippen LogP contribution in [0.15, 0.2) is 59.8 Å². The molecule has 2 aromatic carbocycles. The van der Waals surface area contributed by atoms with Crippen LogP contribution in [0, 0.1) is 13.8 Å². The number of rotatable bonds is 5. The van der Waals surface area contributed by atoms with Crippen molar-refractivity contribution in [2.75, 3.05) is 5.32 Å². The Balaban J connectivity index is 1.86. The molecule has 0 aliphatic heterocycles. The van der Waals surface area contributed by atoms with Gasteiger partial charge in [0, 0.05) is 11.3 Å². The molecule has 0 spiro atoms. The molecule has 0 bridgehead atoms. The van der Waals surface area contributed by atoms with Crippen molar-refractivity contribution in [2.24, 2.45) is 0 Å². The minimum absolute atomic E-state index is 0.104. The normalized spacial score (nSPS) is 12.5. The van der Waals surface area contributed by atoms with E-state index in [1.807, 2.05) is 26.0 Å². The minimum atomic E-state index is -4.62. The van der Waals surface area contributed by atoms with Crippen LogP contribution in [0.3, 0.4) is 0 Å². The van der Waals surface area contributed by atoms with Crippen molar-refractivity contribution < 1.29 is 18.0 Å². The number of hydrogen-bond donors (Lipinski definition) is 1. The fourth-order valence-electron chi connectivity index (χ4n) is 2.71. The molecule has 0 aliphatic rings. The van der Waals surface area contributed by atoms with E-state index in [0.717, 1.165) is 29.0 Å². The molecule has 1 heterocycles. The van der Waals surface area contributed by atoms with E-state index in [9.17, 15) is 18.0 Å². The van der Waals surface area contributed by atoms with Crippen LogP contribution in [0.4, 0.5) is 18.9 Å². The Hall–Kier alpha value is -2.87. The third-order valence-electron chi connectivity index (χ3n) is 4.58. The fraction of sp³-hybridized carbons (Fsp3) is 0.227. The van der Waals surface area contributed by atoms with Crippen molar-refractivity contribution in [2.45, 2.75) is 37.4 Å². The molecule has 0 saturated heterocycles. The molecule has 0 aliphatic carbocycles. The predicted octanol–water partition coefficient (Wildman–Crippen LogP) is 5.90. The first kappa shape index (κ1) is 21.8.